The number of hydrogen-bond acceptors (Lipinski definition) is 6. The van der Waals surface area contributed by atoms with Gasteiger partial charge in [0.25, 0.3) is 17.7 Å². The monoisotopic (exact) mass is 682 g/mol. The van der Waals surface area contributed by atoms with Gasteiger partial charge in [-0.05, 0) is 90.8 Å². The quantitative estimate of drug-likeness (QED) is 0.0892. The lowest BCUT2D eigenvalue weighted by atomic mass is 9.63. The Morgan fingerprint density at radius 1 is 0.756 bits per heavy atom. The Morgan fingerprint density at radius 2 is 1.38 bits per heavy atom. The summed E-state index contributed by atoms with van der Waals surface area (Å²) < 4.78 is 5.39. The van der Waals surface area contributed by atoms with E-state index in [0.29, 0.717) is 16.9 Å². The first-order valence-corrected chi connectivity index (χ1v) is 15.7. The van der Waals surface area contributed by atoms with E-state index in [0.717, 1.165) is 16.4 Å². The number of benzene rings is 3. The molecule has 0 N–H and O–H groups in total. The number of carbonyl (C=O) groups is 5. The van der Waals surface area contributed by atoms with E-state index >= 15 is 0 Å². The van der Waals surface area contributed by atoms with Gasteiger partial charge in [-0.3, -0.25) is 19.2 Å². The van der Waals surface area contributed by atoms with Crippen molar-refractivity contribution in [1.29, 1.82) is 0 Å². The van der Waals surface area contributed by atoms with Crippen LogP contribution in [0, 0.1) is 35.5 Å². The fourth-order valence-electron chi connectivity index (χ4n) is 6.94. The number of hydrazine groups is 1. The van der Waals surface area contributed by atoms with E-state index in [1.165, 1.54) is 60.7 Å². The van der Waals surface area contributed by atoms with Crippen LogP contribution in [0.4, 0.5) is 0 Å². The van der Waals surface area contributed by atoms with Gasteiger partial charge >= 0.3 is 5.97 Å². The normalized spacial score (nSPS) is 25.6. The van der Waals surface area contributed by atoms with Gasteiger partial charge in [0.2, 0.25) is 0 Å². The molecule has 8 rings (SSSR count). The molecule has 6 atom stereocenters. The zero-order chi connectivity index (χ0) is 31.7. The first-order chi connectivity index (χ1) is 21.5. The number of imide groups is 1. The molecule has 1 heterocycles. The summed E-state index contributed by atoms with van der Waals surface area (Å²) in [7, 11) is 0. The van der Waals surface area contributed by atoms with Gasteiger partial charge in [0.15, 0.2) is 5.78 Å². The Balaban J connectivity index is 1.14. The third-order valence-electron chi connectivity index (χ3n) is 9.11. The number of ketones is 1. The van der Waals surface area contributed by atoms with Crippen molar-refractivity contribution in [3.8, 4) is 5.75 Å². The lowest BCUT2D eigenvalue weighted by Crippen LogP contribution is -2.52. The van der Waals surface area contributed by atoms with Crippen LogP contribution >= 0.6 is 46.4 Å². The molecule has 45 heavy (non-hydrogen) atoms. The number of esters is 1. The fourth-order valence-corrected chi connectivity index (χ4v) is 7.73. The number of nitrogens with zero attached hydrogens (tertiary/aromatic N) is 2. The molecule has 5 aliphatic rings. The van der Waals surface area contributed by atoms with Crippen molar-refractivity contribution in [1.82, 2.24) is 10.0 Å². The van der Waals surface area contributed by atoms with Crippen LogP contribution < -0.4 is 4.74 Å². The first kappa shape index (κ1) is 30.0. The van der Waals surface area contributed by atoms with E-state index in [4.69, 9.17) is 51.1 Å². The highest BCUT2D eigenvalue weighted by Gasteiger charge is 2.68. The maximum absolute atomic E-state index is 13.9. The zero-order valence-corrected chi connectivity index (χ0v) is 26.2. The Hall–Kier alpha value is -3.69. The summed E-state index contributed by atoms with van der Waals surface area (Å²) in [5.74, 6) is -3.41. The van der Waals surface area contributed by atoms with Crippen LogP contribution in [-0.2, 0) is 9.59 Å². The molecule has 4 aliphatic carbocycles. The number of Topliss-reactive ketones (excluding diaryl/α,β-unsaturated/α-hetero) is 1. The topological polar surface area (TPSA) is 101 Å². The molecule has 8 nitrogen and oxygen atoms in total. The molecule has 3 aromatic rings. The molecule has 0 aromatic heterocycles. The molecule has 3 fully saturated rings. The summed E-state index contributed by atoms with van der Waals surface area (Å²) in [5, 5.41) is 2.58. The maximum Gasteiger partial charge on any atom is 0.345 e. The van der Waals surface area contributed by atoms with Crippen molar-refractivity contribution >= 4 is 75.9 Å². The van der Waals surface area contributed by atoms with E-state index in [2.05, 4.69) is 0 Å². The van der Waals surface area contributed by atoms with Crippen molar-refractivity contribution in [2.45, 2.75) is 6.42 Å². The SMILES string of the molecule is O=C(CN(C(=O)c1ccc(Cl)c(Cl)c1)N1C(=O)[C@@H]2[C@H]3C=C[C@@H]([C@@H]4C[C@H]34)[C@H]2C1=O)c1ccc(OC(=O)c2ccc(Cl)cc2Cl)cc1. The number of ether oxygens (including phenoxy) is 1. The minimum atomic E-state index is -0.752. The second-order valence-electron chi connectivity index (χ2n) is 11.6. The van der Waals surface area contributed by atoms with Crippen LogP contribution in [0.15, 0.2) is 72.8 Å². The smallest absolute Gasteiger partial charge is 0.345 e. The van der Waals surface area contributed by atoms with Gasteiger partial charge in [-0.1, -0.05) is 58.6 Å². The van der Waals surface area contributed by atoms with Crippen LogP contribution in [-0.4, -0.2) is 46.0 Å². The summed E-state index contributed by atoms with van der Waals surface area (Å²) in [6.45, 7) is -0.606. The van der Waals surface area contributed by atoms with Crippen LogP contribution in [0.25, 0.3) is 0 Å². The van der Waals surface area contributed by atoms with E-state index in [1.54, 1.807) is 0 Å². The molecule has 3 amide bonds. The van der Waals surface area contributed by atoms with Gasteiger partial charge in [-0.25, -0.2) is 9.80 Å². The highest BCUT2D eigenvalue weighted by Crippen LogP contribution is 2.65. The number of amides is 3. The molecule has 1 saturated heterocycles. The molecule has 228 valence electrons. The molecule has 2 bridgehead atoms. The van der Waals surface area contributed by atoms with E-state index in [1.807, 2.05) is 12.2 Å². The molecule has 1 aliphatic heterocycles. The van der Waals surface area contributed by atoms with Crippen LogP contribution in [0.1, 0.15) is 37.5 Å². The molecule has 12 heteroatoms. The van der Waals surface area contributed by atoms with E-state index in [-0.39, 0.29) is 49.3 Å². The first-order valence-electron chi connectivity index (χ1n) is 14.2. The standard InChI is InChI=1S/C33H22Cl4N2O6/c34-17-4-7-21(25(36)12-17)33(44)45-18-5-1-15(2-6-18)27(40)14-38(30(41)16-3-10-24(35)26(37)11-16)39-31(42)28-19-8-9-20(23-13-22(19)23)29(28)32(39)43/h1-12,19-20,22-23,28-29H,13-14H2/t19-,20-,22-,23+,28+,29+/m0/s1. The van der Waals surface area contributed by atoms with Crippen molar-refractivity contribution in [3.63, 3.8) is 0 Å². The highest BCUT2D eigenvalue weighted by atomic mass is 35.5. The van der Waals surface area contributed by atoms with Crippen molar-refractivity contribution in [3.05, 3.63) is 110 Å². The van der Waals surface area contributed by atoms with Crippen molar-refractivity contribution in [2.24, 2.45) is 35.5 Å². The van der Waals surface area contributed by atoms with Crippen LogP contribution in [0.5, 0.6) is 5.75 Å². The van der Waals surface area contributed by atoms with Gasteiger partial charge in [0.1, 0.15) is 12.3 Å². The summed E-state index contributed by atoms with van der Waals surface area (Å²) in [6, 6.07) is 14.2. The fraction of sp³-hybridized carbons (Fsp3) is 0.242. The van der Waals surface area contributed by atoms with Crippen molar-refractivity contribution < 1.29 is 28.7 Å². The Kier molecular flexibility index (Phi) is 7.52. The Morgan fingerprint density at radius 3 is 1.98 bits per heavy atom. The lowest BCUT2D eigenvalue weighted by molar-refractivity contribution is -0.154. The molecule has 3 aromatic carbocycles. The van der Waals surface area contributed by atoms with Gasteiger partial charge in [-0.2, -0.15) is 5.01 Å². The largest absolute Gasteiger partial charge is 0.423 e. The van der Waals surface area contributed by atoms with Crippen LogP contribution in [0.2, 0.25) is 20.1 Å². The summed E-state index contributed by atoms with van der Waals surface area (Å²) in [6.07, 6.45) is 5.04. The minimum Gasteiger partial charge on any atom is -0.423 e. The highest BCUT2D eigenvalue weighted by molar-refractivity contribution is 6.42. The van der Waals surface area contributed by atoms with E-state index < -0.39 is 47.9 Å². The van der Waals surface area contributed by atoms with Gasteiger partial charge in [0.05, 0.1) is 32.5 Å². The second kappa shape index (κ2) is 11.3. The third-order valence-corrected chi connectivity index (χ3v) is 10.4. The Bertz CT molecular complexity index is 1810. The average Bonchev–Trinajstić information content (AvgIpc) is 3.80. The maximum atomic E-state index is 13.9. The van der Waals surface area contributed by atoms with Gasteiger partial charge < -0.3 is 4.74 Å². The lowest BCUT2D eigenvalue weighted by Gasteiger charge is -2.37. The number of rotatable bonds is 7. The summed E-state index contributed by atoms with van der Waals surface area (Å²) >= 11 is 24.2. The molecular formula is C33H22Cl4N2O6. The predicted octanol–water partition coefficient (Wildman–Crippen LogP) is 6.81. The minimum absolute atomic E-state index is 0.0553. The van der Waals surface area contributed by atoms with Gasteiger partial charge in [-0.15, -0.1) is 0 Å². The van der Waals surface area contributed by atoms with Crippen LogP contribution in [0.3, 0.4) is 0 Å². The zero-order valence-electron chi connectivity index (χ0n) is 23.2. The summed E-state index contributed by atoms with van der Waals surface area (Å²) in [4.78, 5) is 67.9. The predicted molar refractivity (Wildman–Crippen MR) is 166 cm³/mol. The van der Waals surface area contributed by atoms with Crippen molar-refractivity contribution in [2.75, 3.05) is 6.54 Å². The molecule has 0 spiro atoms. The molecule has 2 saturated carbocycles. The number of halogens is 4. The number of allylic oxidation sites excluding steroid dienone is 2. The average molecular weight is 684 g/mol. The number of hydrogen-bond donors (Lipinski definition) is 0. The van der Waals surface area contributed by atoms with Gasteiger partial charge in [0, 0.05) is 16.1 Å². The van der Waals surface area contributed by atoms with E-state index in [9.17, 15) is 24.0 Å². The summed E-state index contributed by atoms with van der Waals surface area (Å²) in [5.41, 5.74) is 0.324. The molecule has 0 unspecified atom stereocenters. The number of carbonyl (C=O) groups excluding carboxylic acids is 5. The second-order valence-corrected chi connectivity index (χ2v) is 13.3. The molecule has 0 radical (unpaired) electrons. The Labute approximate surface area is 277 Å². The third kappa shape index (κ3) is 5.14. The molecular weight excluding hydrogens is 662 g/mol.